The fourth-order valence-corrected chi connectivity index (χ4v) is 1.90. The van der Waals surface area contributed by atoms with Crippen LogP contribution in [-0.4, -0.2) is 35.8 Å². The molecule has 1 rings (SSSR count). The largest absolute Gasteiger partial charge is 0.447 e. The Kier molecular flexibility index (Phi) is 6.58. The summed E-state index contributed by atoms with van der Waals surface area (Å²) >= 11 is 2.66. The molecule has 5 nitrogen and oxygen atoms in total. The summed E-state index contributed by atoms with van der Waals surface area (Å²) in [6.45, 7) is 1.78. The van der Waals surface area contributed by atoms with E-state index in [9.17, 15) is 4.79 Å². The molecule has 0 heterocycles. The zero-order valence-electron chi connectivity index (χ0n) is 11.4. The van der Waals surface area contributed by atoms with Gasteiger partial charge in [-0.15, -0.1) is 11.8 Å². The molecule has 0 radical (unpaired) electrons. The number of rotatable bonds is 4. The second kappa shape index (κ2) is 7.96. The molecule has 1 amide bonds. The average Bonchev–Trinajstić information content (AvgIpc) is 2.44. The van der Waals surface area contributed by atoms with Crippen LogP contribution < -0.4 is 4.31 Å². The van der Waals surface area contributed by atoms with Crippen molar-refractivity contribution in [2.45, 2.75) is 6.92 Å². The van der Waals surface area contributed by atoms with Gasteiger partial charge in [-0.2, -0.15) is 0 Å². The number of para-hydroxylation sites is 1. The standard InChI is InChI=1S/C12H17N3O2S2/c1-10(18-4)13-17-12(16)15(3)19-14(2)11-8-6-5-7-9-11/h5-9H,1-4H3. The molecule has 1 aromatic rings. The summed E-state index contributed by atoms with van der Waals surface area (Å²) in [6, 6.07) is 9.75. The molecule has 0 saturated heterocycles. The van der Waals surface area contributed by atoms with Crippen molar-refractivity contribution >= 4 is 40.7 Å². The first-order chi connectivity index (χ1) is 9.04. The van der Waals surface area contributed by atoms with Crippen molar-refractivity contribution in [2.24, 2.45) is 5.16 Å². The number of carbonyl (C=O) groups is 1. The maximum atomic E-state index is 11.7. The number of anilines is 1. The third kappa shape index (κ3) is 5.44. The predicted octanol–water partition coefficient (Wildman–Crippen LogP) is 3.45. The lowest BCUT2D eigenvalue weighted by atomic mass is 10.3. The van der Waals surface area contributed by atoms with Gasteiger partial charge in [-0.25, -0.2) is 9.10 Å². The van der Waals surface area contributed by atoms with Crippen LogP contribution in [0, 0.1) is 0 Å². The Balaban J connectivity index is 2.50. The number of hydrogen-bond acceptors (Lipinski definition) is 6. The van der Waals surface area contributed by atoms with Crippen LogP contribution in [0.2, 0.25) is 0 Å². The Morgan fingerprint density at radius 1 is 1.26 bits per heavy atom. The van der Waals surface area contributed by atoms with Crippen molar-refractivity contribution in [1.29, 1.82) is 0 Å². The number of carbonyl (C=O) groups excluding carboxylic acids is 1. The van der Waals surface area contributed by atoms with E-state index in [1.807, 2.05) is 47.9 Å². The maximum absolute atomic E-state index is 11.7. The fourth-order valence-electron chi connectivity index (χ4n) is 1.10. The Morgan fingerprint density at radius 2 is 1.89 bits per heavy atom. The molecule has 1 aromatic carbocycles. The number of amides is 1. The highest BCUT2D eigenvalue weighted by atomic mass is 32.2. The van der Waals surface area contributed by atoms with Crippen molar-refractivity contribution in [3.05, 3.63) is 30.3 Å². The van der Waals surface area contributed by atoms with Crippen LogP contribution in [0.25, 0.3) is 0 Å². The molecule has 0 aliphatic carbocycles. The third-order valence-corrected chi connectivity index (χ3v) is 3.68. The van der Waals surface area contributed by atoms with Gasteiger partial charge >= 0.3 is 6.09 Å². The van der Waals surface area contributed by atoms with E-state index in [1.54, 1.807) is 14.0 Å². The van der Waals surface area contributed by atoms with Gasteiger partial charge in [0.15, 0.2) is 0 Å². The SMILES string of the molecule is CSC(C)=NOC(=O)N(C)SN(C)c1ccccc1. The summed E-state index contributed by atoms with van der Waals surface area (Å²) in [4.78, 5) is 16.5. The highest BCUT2D eigenvalue weighted by Gasteiger charge is 2.14. The molecule has 0 N–H and O–H groups in total. The molecule has 0 bridgehead atoms. The highest BCUT2D eigenvalue weighted by Crippen LogP contribution is 2.22. The summed E-state index contributed by atoms with van der Waals surface area (Å²) in [5.74, 6) is 0. The number of nitrogens with zero attached hydrogens (tertiary/aromatic N) is 3. The third-order valence-electron chi connectivity index (χ3n) is 2.17. The highest BCUT2D eigenvalue weighted by molar-refractivity contribution is 8.13. The van der Waals surface area contributed by atoms with E-state index in [-0.39, 0.29) is 0 Å². The smallest absolute Gasteiger partial charge is 0.302 e. The molecular weight excluding hydrogens is 282 g/mol. The Morgan fingerprint density at radius 3 is 2.47 bits per heavy atom. The van der Waals surface area contributed by atoms with E-state index in [1.165, 1.54) is 28.2 Å². The molecule has 0 atom stereocenters. The maximum Gasteiger partial charge on any atom is 0.447 e. The van der Waals surface area contributed by atoms with Crippen molar-refractivity contribution in [3.63, 3.8) is 0 Å². The van der Waals surface area contributed by atoms with Crippen LogP contribution in [0.5, 0.6) is 0 Å². The van der Waals surface area contributed by atoms with E-state index < -0.39 is 6.09 Å². The first-order valence-electron chi connectivity index (χ1n) is 5.54. The zero-order chi connectivity index (χ0) is 14.3. The second-order valence-electron chi connectivity index (χ2n) is 3.58. The van der Waals surface area contributed by atoms with Gasteiger partial charge in [-0.1, -0.05) is 23.4 Å². The molecule has 0 unspecified atom stereocenters. The predicted molar refractivity (Wildman–Crippen MR) is 83.3 cm³/mol. The van der Waals surface area contributed by atoms with Crippen LogP contribution in [0.1, 0.15) is 6.92 Å². The molecule has 19 heavy (non-hydrogen) atoms. The van der Waals surface area contributed by atoms with E-state index in [0.717, 1.165) is 5.69 Å². The topological polar surface area (TPSA) is 45.1 Å². The van der Waals surface area contributed by atoms with Gasteiger partial charge in [0, 0.05) is 19.8 Å². The van der Waals surface area contributed by atoms with E-state index >= 15 is 0 Å². The number of hydrogen-bond donors (Lipinski definition) is 0. The van der Waals surface area contributed by atoms with Crippen LogP contribution in [0.3, 0.4) is 0 Å². The monoisotopic (exact) mass is 299 g/mol. The molecule has 0 saturated carbocycles. The fraction of sp³-hybridized carbons (Fsp3) is 0.333. The number of thioether (sulfide) groups is 1. The Labute approximate surface area is 122 Å². The summed E-state index contributed by atoms with van der Waals surface area (Å²) in [6.07, 6.45) is 1.36. The second-order valence-corrected chi connectivity index (χ2v) is 5.84. The van der Waals surface area contributed by atoms with Gasteiger partial charge < -0.3 is 4.31 Å². The molecule has 0 aromatic heterocycles. The van der Waals surface area contributed by atoms with E-state index in [0.29, 0.717) is 5.04 Å². The van der Waals surface area contributed by atoms with E-state index in [2.05, 4.69) is 5.16 Å². The van der Waals surface area contributed by atoms with Crippen LogP contribution in [0.15, 0.2) is 35.5 Å². The molecular formula is C12H17N3O2S2. The summed E-state index contributed by atoms with van der Waals surface area (Å²) < 4.78 is 3.25. The van der Waals surface area contributed by atoms with Crippen LogP contribution in [0.4, 0.5) is 10.5 Å². The molecule has 7 heteroatoms. The van der Waals surface area contributed by atoms with Gasteiger partial charge in [0.05, 0.1) is 12.1 Å². The van der Waals surface area contributed by atoms with E-state index in [4.69, 9.17) is 4.84 Å². The Bertz CT molecular complexity index is 440. The minimum atomic E-state index is -0.513. The number of benzene rings is 1. The van der Waals surface area contributed by atoms with Crippen molar-refractivity contribution in [3.8, 4) is 0 Å². The van der Waals surface area contributed by atoms with Crippen LogP contribution in [-0.2, 0) is 4.84 Å². The minimum absolute atomic E-state index is 0.513. The summed E-state index contributed by atoms with van der Waals surface area (Å²) in [5.41, 5.74) is 0.996. The molecule has 0 aliphatic heterocycles. The Hall–Kier alpha value is -1.34. The normalized spacial score (nSPS) is 11.1. The first-order valence-corrected chi connectivity index (χ1v) is 7.50. The molecule has 104 valence electrons. The van der Waals surface area contributed by atoms with Gasteiger partial charge in [-0.3, -0.25) is 4.84 Å². The van der Waals surface area contributed by atoms with Crippen LogP contribution >= 0.6 is 23.9 Å². The molecule has 0 spiro atoms. The lowest BCUT2D eigenvalue weighted by Gasteiger charge is -2.22. The summed E-state index contributed by atoms with van der Waals surface area (Å²) in [7, 11) is 3.51. The van der Waals surface area contributed by atoms with Crippen molar-refractivity contribution < 1.29 is 9.63 Å². The van der Waals surface area contributed by atoms with Gasteiger partial charge in [0.25, 0.3) is 0 Å². The summed E-state index contributed by atoms with van der Waals surface area (Å²) in [5, 5.41) is 4.40. The minimum Gasteiger partial charge on any atom is -0.302 e. The average molecular weight is 299 g/mol. The van der Waals surface area contributed by atoms with Gasteiger partial charge in [0.2, 0.25) is 0 Å². The molecule has 0 fully saturated rings. The van der Waals surface area contributed by atoms with Crippen molar-refractivity contribution in [1.82, 2.24) is 4.31 Å². The first kappa shape index (κ1) is 15.7. The number of oxime groups is 1. The lowest BCUT2D eigenvalue weighted by Crippen LogP contribution is -2.24. The molecule has 0 aliphatic rings. The quantitative estimate of drug-likeness (QED) is 0.280. The van der Waals surface area contributed by atoms with Crippen molar-refractivity contribution in [2.75, 3.05) is 24.7 Å². The lowest BCUT2D eigenvalue weighted by molar-refractivity contribution is 0.137. The van der Waals surface area contributed by atoms with Gasteiger partial charge in [0.1, 0.15) is 5.04 Å². The zero-order valence-corrected chi connectivity index (χ0v) is 13.0. The van der Waals surface area contributed by atoms with Gasteiger partial charge in [-0.05, 0) is 25.3 Å².